The number of benzene rings is 1. The summed E-state index contributed by atoms with van der Waals surface area (Å²) in [5.74, 6) is 1.28. The summed E-state index contributed by atoms with van der Waals surface area (Å²) in [7, 11) is 0. The predicted octanol–water partition coefficient (Wildman–Crippen LogP) is 3.51. The molecule has 0 aliphatic heterocycles. The van der Waals surface area contributed by atoms with E-state index in [9.17, 15) is 5.11 Å². The van der Waals surface area contributed by atoms with Crippen LogP contribution in [0.4, 0.5) is 0 Å². The second kappa shape index (κ2) is 12.9. The summed E-state index contributed by atoms with van der Waals surface area (Å²) in [5.41, 5.74) is 1.09. The molecule has 0 aromatic heterocycles. The number of unbranched alkanes of at least 4 members (excludes halogenated alkanes) is 3. The molecule has 0 aliphatic carbocycles. The van der Waals surface area contributed by atoms with Crippen molar-refractivity contribution in [2.45, 2.75) is 52.4 Å². The Morgan fingerprint density at radius 1 is 0.900 bits per heavy atom. The molecule has 0 atom stereocenters. The zero-order valence-corrected chi connectivity index (χ0v) is 12.9. The minimum absolute atomic E-state index is 0.125. The Morgan fingerprint density at radius 3 is 2.05 bits per heavy atom. The van der Waals surface area contributed by atoms with E-state index in [1.54, 1.807) is 6.07 Å². The fourth-order valence-electron chi connectivity index (χ4n) is 1.94. The number of aryl methyl sites for hydroxylation is 1. The zero-order valence-electron chi connectivity index (χ0n) is 12.9. The van der Waals surface area contributed by atoms with E-state index in [-0.39, 0.29) is 13.2 Å². The van der Waals surface area contributed by atoms with Gasteiger partial charge in [-0.3, -0.25) is 0 Å². The maximum atomic E-state index is 9.59. The van der Waals surface area contributed by atoms with E-state index in [0.717, 1.165) is 17.9 Å². The van der Waals surface area contributed by atoms with Gasteiger partial charge in [0.25, 0.3) is 0 Å². The van der Waals surface area contributed by atoms with E-state index in [1.165, 1.54) is 32.1 Å². The van der Waals surface area contributed by atoms with Crippen molar-refractivity contribution in [1.29, 1.82) is 0 Å². The average Bonchev–Trinajstić information content (AvgIpc) is 2.44. The van der Waals surface area contributed by atoms with E-state index >= 15 is 0 Å². The molecule has 0 unspecified atom stereocenters. The monoisotopic (exact) mass is 282 g/mol. The summed E-state index contributed by atoms with van der Waals surface area (Å²) in [6, 6.07) is 7.66. The molecule has 0 fully saturated rings. The number of para-hydroxylation sites is 1. The molecule has 116 valence electrons. The fourth-order valence-corrected chi connectivity index (χ4v) is 1.94. The van der Waals surface area contributed by atoms with Crippen molar-refractivity contribution in [2.75, 3.05) is 13.2 Å². The molecule has 0 spiro atoms. The Kier molecular flexibility index (Phi) is 12.3. The Morgan fingerprint density at radius 2 is 1.50 bits per heavy atom. The normalized spacial score (nSPS) is 10.2. The molecule has 3 heteroatoms. The van der Waals surface area contributed by atoms with Gasteiger partial charge in [-0.05, 0) is 30.4 Å². The van der Waals surface area contributed by atoms with Crippen molar-refractivity contribution in [3.63, 3.8) is 0 Å². The van der Waals surface area contributed by atoms with Gasteiger partial charge in [0.1, 0.15) is 5.75 Å². The van der Waals surface area contributed by atoms with Gasteiger partial charge in [0.15, 0.2) is 0 Å². The second-order valence-corrected chi connectivity index (χ2v) is 5.42. The zero-order chi connectivity index (χ0) is 15.2. The van der Waals surface area contributed by atoms with Gasteiger partial charge in [0.2, 0.25) is 0 Å². The molecule has 20 heavy (non-hydrogen) atoms. The lowest BCUT2D eigenvalue weighted by atomic mass is 10.0. The maximum absolute atomic E-state index is 9.59. The van der Waals surface area contributed by atoms with Crippen LogP contribution in [0.1, 0.15) is 51.5 Å². The van der Waals surface area contributed by atoms with Crippen LogP contribution in [0, 0.1) is 5.92 Å². The van der Waals surface area contributed by atoms with Gasteiger partial charge in [0, 0.05) is 0 Å². The number of phenols is 1. The first-order valence-corrected chi connectivity index (χ1v) is 7.60. The van der Waals surface area contributed by atoms with Crippen molar-refractivity contribution in [3.05, 3.63) is 29.8 Å². The van der Waals surface area contributed by atoms with Crippen LogP contribution in [-0.2, 0) is 6.42 Å². The number of hydrogen-bond donors (Lipinski definition) is 3. The number of aliphatic hydroxyl groups excluding tert-OH is 2. The molecule has 0 aliphatic rings. The fraction of sp³-hybridized carbons (Fsp3) is 0.647. The van der Waals surface area contributed by atoms with Crippen molar-refractivity contribution < 1.29 is 15.3 Å². The van der Waals surface area contributed by atoms with E-state index in [2.05, 4.69) is 13.8 Å². The maximum Gasteiger partial charge on any atom is 0.118 e. The molecule has 1 aromatic rings. The Hall–Kier alpha value is -1.06. The van der Waals surface area contributed by atoms with Crippen LogP contribution in [0.25, 0.3) is 0 Å². The first kappa shape index (κ1) is 18.9. The van der Waals surface area contributed by atoms with Crippen molar-refractivity contribution >= 4 is 0 Å². The van der Waals surface area contributed by atoms with Crippen LogP contribution in [0.5, 0.6) is 5.75 Å². The van der Waals surface area contributed by atoms with Crippen LogP contribution in [0.2, 0.25) is 0 Å². The second-order valence-electron chi connectivity index (χ2n) is 5.42. The standard InChI is InChI=1S/C15H24O.C2H6O2/c1-13(2)9-5-3-4-6-10-14-11-7-8-12-15(14)16;3-1-2-4/h7-8,11-13,16H,3-6,9-10H2,1-2H3;3-4H,1-2H2. The highest BCUT2D eigenvalue weighted by molar-refractivity contribution is 5.31. The summed E-state index contributed by atoms with van der Waals surface area (Å²) in [6.45, 7) is 4.31. The highest BCUT2D eigenvalue weighted by Crippen LogP contribution is 2.19. The van der Waals surface area contributed by atoms with Gasteiger partial charge in [-0.15, -0.1) is 0 Å². The Labute approximate surface area is 123 Å². The topological polar surface area (TPSA) is 60.7 Å². The smallest absolute Gasteiger partial charge is 0.118 e. The van der Waals surface area contributed by atoms with Crippen molar-refractivity contribution in [1.82, 2.24) is 0 Å². The molecule has 0 amide bonds. The SMILES string of the molecule is CC(C)CCCCCCc1ccccc1O.OCCO. The molecular formula is C17H30O3. The van der Waals surface area contributed by atoms with E-state index in [4.69, 9.17) is 10.2 Å². The predicted molar refractivity (Wildman–Crippen MR) is 83.9 cm³/mol. The number of aromatic hydroxyl groups is 1. The van der Waals surface area contributed by atoms with Gasteiger partial charge < -0.3 is 15.3 Å². The highest BCUT2D eigenvalue weighted by Gasteiger charge is 1.99. The third-order valence-electron chi connectivity index (χ3n) is 3.07. The minimum Gasteiger partial charge on any atom is -0.508 e. The van der Waals surface area contributed by atoms with Crippen LogP contribution in [0.15, 0.2) is 24.3 Å². The van der Waals surface area contributed by atoms with Crippen molar-refractivity contribution in [3.8, 4) is 5.75 Å². The molecule has 1 rings (SSSR count). The van der Waals surface area contributed by atoms with Gasteiger partial charge in [-0.2, -0.15) is 0 Å². The van der Waals surface area contributed by atoms with E-state index in [0.29, 0.717) is 5.75 Å². The summed E-state index contributed by atoms with van der Waals surface area (Å²) in [6.07, 6.45) is 7.49. The lowest BCUT2D eigenvalue weighted by Gasteiger charge is -2.05. The molecule has 3 N–H and O–H groups in total. The highest BCUT2D eigenvalue weighted by atomic mass is 16.3. The Balaban J connectivity index is 0.000000796. The van der Waals surface area contributed by atoms with E-state index < -0.39 is 0 Å². The summed E-state index contributed by atoms with van der Waals surface area (Å²) in [5, 5.41) is 24.8. The molecule has 0 saturated heterocycles. The number of phenolic OH excluding ortho intramolecular Hbond substituents is 1. The molecular weight excluding hydrogens is 252 g/mol. The average molecular weight is 282 g/mol. The molecule has 3 nitrogen and oxygen atoms in total. The Bertz CT molecular complexity index is 322. The third kappa shape index (κ3) is 10.8. The lowest BCUT2D eigenvalue weighted by molar-refractivity contribution is 0.186. The first-order chi connectivity index (χ1) is 9.61. The van der Waals surface area contributed by atoms with Crippen molar-refractivity contribution in [2.24, 2.45) is 5.92 Å². The van der Waals surface area contributed by atoms with Gasteiger partial charge in [-0.1, -0.05) is 57.7 Å². The number of aliphatic hydroxyl groups is 2. The molecule has 1 aromatic carbocycles. The molecule has 0 bridgehead atoms. The van der Waals surface area contributed by atoms with Gasteiger partial charge in [-0.25, -0.2) is 0 Å². The molecule has 0 saturated carbocycles. The van der Waals surface area contributed by atoms with Crippen LogP contribution in [0.3, 0.4) is 0 Å². The number of hydrogen-bond acceptors (Lipinski definition) is 3. The third-order valence-corrected chi connectivity index (χ3v) is 3.07. The first-order valence-electron chi connectivity index (χ1n) is 7.60. The van der Waals surface area contributed by atoms with Crippen LogP contribution < -0.4 is 0 Å². The number of rotatable bonds is 8. The van der Waals surface area contributed by atoms with Crippen LogP contribution in [-0.4, -0.2) is 28.5 Å². The summed E-state index contributed by atoms with van der Waals surface area (Å²) in [4.78, 5) is 0. The van der Waals surface area contributed by atoms with E-state index in [1.807, 2.05) is 18.2 Å². The largest absolute Gasteiger partial charge is 0.508 e. The lowest BCUT2D eigenvalue weighted by Crippen LogP contribution is -1.89. The van der Waals surface area contributed by atoms with Gasteiger partial charge in [0.05, 0.1) is 13.2 Å². The van der Waals surface area contributed by atoms with Crippen LogP contribution >= 0.6 is 0 Å². The molecule has 0 radical (unpaired) electrons. The molecule has 0 heterocycles. The quantitative estimate of drug-likeness (QED) is 0.639. The summed E-state index contributed by atoms with van der Waals surface area (Å²) < 4.78 is 0. The minimum atomic E-state index is -0.125. The summed E-state index contributed by atoms with van der Waals surface area (Å²) >= 11 is 0. The van der Waals surface area contributed by atoms with Gasteiger partial charge >= 0.3 is 0 Å².